The Kier molecular flexibility index (Phi) is 5.75. The average Bonchev–Trinajstić information content (AvgIpc) is 2.87. The number of pyridine rings is 1. The van der Waals surface area contributed by atoms with E-state index in [1.165, 1.54) is 5.56 Å². The molecule has 0 atom stereocenters. The van der Waals surface area contributed by atoms with Crippen LogP contribution in [-0.2, 0) is 11.3 Å². The number of carbonyl (C=O) groups excluding carboxylic acids is 1. The normalized spacial score (nSPS) is 16.2. The fraction of sp³-hybridized carbons (Fsp3) is 0.300. The number of amides is 1. The summed E-state index contributed by atoms with van der Waals surface area (Å²) in [5.74, 6) is 0.0837. The Labute approximate surface area is 143 Å². The van der Waals surface area contributed by atoms with Crippen molar-refractivity contribution >= 4 is 12.0 Å². The van der Waals surface area contributed by atoms with E-state index >= 15 is 0 Å². The number of rotatable bonds is 4. The first kappa shape index (κ1) is 16.4. The second-order valence-electron chi connectivity index (χ2n) is 6.06. The molecular formula is C20H23N3O. The van der Waals surface area contributed by atoms with Gasteiger partial charge in [0.25, 0.3) is 0 Å². The molecule has 1 aromatic heterocycles. The highest BCUT2D eigenvalue weighted by Gasteiger charge is 2.17. The highest BCUT2D eigenvalue weighted by atomic mass is 16.2. The van der Waals surface area contributed by atoms with E-state index < -0.39 is 0 Å². The van der Waals surface area contributed by atoms with Crippen LogP contribution >= 0.6 is 0 Å². The van der Waals surface area contributed by atoms with Crippen LogP contribution in [0.25, 0.3) is 6.08 Å². The molecule has 1 aromatic carbocycles. The predicted molar refractivity (Wildman–Crippen MR) is 96.2 cm³/mol. The van der Waals surface area contributed by atoms with Gasteiger partial charge in [0.1, 0.15) is 0 Å². The minimum Gasteiger partial charge on any atom is -0.338 e. The van der Waals surface area contributed by atoms with Gasteiger partial charge in [-0.15, -0.1) is 0 Å². The van der Waals surface area contributed by atoms with Crippen molar-refractivity contribution in [1.82, 2.24) is 14.8 Å². The Morgan fingerprint density at radius 2 is 1.92 bits per heavy atom. The maximum Gasteiger partial charge on any atom is 0.246 e. The van der Waals surface area contributed by atoms with Gasteiger partial charge in [-0.05, 0) is 29.7 Å². The van der Waals surface area contributed by atoms with E-state index in [1.807, 2.05) is 29.2 Å². The number of benzene rings is 1. The number of hydrogen-bond acceptors (Lipinski definition) is 3. The highest BCUT2D eigenvalue weighted by molar-refractivity contribution is 5.91. The summed E-state index contributed by atoms with van der Waals surface area (Å²) in [6, 6.07) is 14.3. The molecule has 24 heavy (non-hydrogen) atoms. The lowest BCUT2D eigenvalue weighted by Gasteiger charge is -2.21. The van der Waals surface area contributed by atoms with Crippen LogP contribution in [0.15, 0.2) is 60.9 Å². The summed E-state index contributed by atoms with van der Waals surface area (Å²) in [6.45, 7) is 4.51. The third kappa shape index (κ3) is 4.77. The second-order valence-corrected chi connectivity index (χ2v) is 6.06. The standard InChI is InChI=1S/C20H23N3O/c24-20(10-9-18-8-4-11-21-16-18)23-13-5-12-22(14-15-23)17-19-6-2-1-3-7-19/h1-4,6-11,16H,5,12-15,17H2/b10-9+. The van der Waals surface area contributed by atoms with Crippen molar-refractivity contribution in [2.75, 3.05) is 26.2 Å². The van der Waals surface area contributed by atoms with Gasteiger partial charge in [-0.1, -0.05) is 36.4 Å². The van der Waals surface area contributed by atoms with Crippen molar-refractivity contribution in [3.63, 3.8) is 0 Å². The van der Waals surface area contributed by atoms with Crippen LogP contribution in [0, 0.1) is 0 Å². The number of carbonyl (C=O) groups is 1. The Balaban J connectivity index is 1.53. The largest absolute Gasteiger partial charge is 0.338 e. The van der Waals surface area contributed by atoms with Crippen LogP contribution in [0.4, 0.5) is 0 Å². The smallest absolute Gasteiger partial charge is 0.246 e. The molecule has 124 valence electrons. The van der Waals surface area contributed by atoms with Crippen molar-refractivity contribution in [3.8, 4) is 0 Å². The number of aromatic nitrogens is 1. The van der Waals surface area contributed by atoms with Gasteiger partial charge in [0, 0.05) is 51.2 Å². The lowest BCUT2D eigenvalue weighted by atomic mass is 10.2. The van der Waals surface area contributed by atoms with Crippen LogP contribution in [0.1, 0.15) is 17.5 Å². The van der Waals surface area contributed by atoms with E-state index in [9.17, 15) is 4.79 Å². The summed E-state index contributed by atoms with van der Waals surface area (Å²) < 4.78 is 0. The Bertz CT molecular complexity index is 670. The van der Waals surface area contributed by atoms with Gasteiger partial charge in [-0.25, -0.2) is 0 Å². The van der Waals surface area contributed by atoms with Crippen molar-refractivity contribution in [3.05, 3.63) is 72.1 Å². The molecule has 0 bridgehead atoms. The van der Waals surface area contributed by atoms with Gasteiger partial charge >= 0.3 is 0 Å². The fourth-order valence-electron chi connectivity index (χ4n) is 2.94. The molecular weight excluding hydrogens is 298 g/mol. The van der Waals surface area contributed by atoms with E-state index in [2.05, 4.69) is 34.1 Å². The topological polar surface area (TPSA) is 36.4 Å². The molecule has 1 fully saturated rings. The summed E-state index contributed by atoms with van der Waals surface area (Å²) in [4.78, 5) is 20.8. The Hall–Kier alpha value is -2.46. The summed E-state index contributed by atoms with van der Waals surface area (Å²) in [7, 11) is 0. The summed E-state index contributed by atoms with van der Waals surface area (Å²) in [5.41, 5.74) is 2.28. The minimum absolute atomic E-state index is 0.0837. The SMILES string of the molecule is O=C(/C=C/c1cccnc1)N1CCCN(Cc2ccccc2)CC1. The molecule has 0 aliphatic carbocycles. The van der Waals surface area contributed by atoms with E-state index in [-0.39, 0.29) is 5.91 Å². The summed E-state index contributed by atoms with van der Waals surface area (Å²) in [6.07, 6.45) is 7.99. The van der Waals surface area contributed by atoms with Gasteiger partial charge in [0.05, 0.1) is 0 Å². The van der Waals surface area contributed by atoms with Crippen LogP contribution in [-0.4, -0.2) is 46.9 Å². The van der Waals surface area contributed by atoms with E-state index in [1.54, 1.807) is 18.5 Å². The first-order chi connectivity index (χ1) is 11.8. The van der Waals surface area contributed by atoms with Crippen LogP contribution in [0.5, 0.6) is 0 Å². The third-order valence-electron chi connectivity index (χ3n) is 4.25. The molecule has 0 N–H and O–H groups in total. The van der Waals surface area contributed by atoms with Gasteiger partial charge in [0.15, 0.2) is 0 Å². The molecule has 3 rings (SSSR count). The fourth-order valence-corrected chi connectivity index (χ4v) is 2.94. The molecule has 4 nitrogen and oxygen atoms in total. The van der Waals surface area contributed by atoms with E-state index in [0.717, 1.165) is 44.7 Å². The molecule has 1 amide bonds. The zero-order valence-electron chi connectivity index (χ0n) is 13.8. The lowest BCUT2D eigenvalue weighted by Crippen LogP contribution is -2.34. The number of nitrogens with zero attached hydrogens (tertiary/aromatic N) is 3. The molecule has 2 heterocycles. The van der Waals surface area contributed by atoms with Gasteiger partial charge < -0.3 is 4.90 Å². The number of hydrogen-bond donors (Lipinski definition) is 0. The molecule has 0 saturated carbocycles. The zero-order chi connectivity index (χ0) is 16.6. The van der Waals surface area contributed by atoms with E-state index in [0.29, 0.717) is 0 Å². The average molecular weight is 321 g/mol. The minimum atomic E-state index is 0.0837. The molecule has 0 spiro atoms. The lowest BCUT2D eigenvalue weighted by molar-refractivity contribution is -0.125. The molecule has 1 aliphatic heterocycles. The molecule has 4 heteroatoms. The summed E-state index contributed by atoms with van der Waals surface area (Å²) >= 11 is 0. The maximum absolute atomic E-state index is 12.4. The molecule has 0 radical (unpaired) electrons. The third-order valence-corrected chi connectivity index (χ3v) is 4.25. The first-order valence-electron chi connectivity index (χ1n) is 8.44. The van der Waals surface area contributed by atoms with Crippen molar-refractivity contribution < 1.29 is 4.79 Å². The Morgan fingerprint density at radius 1 is 1.04 bits per heavy atom. The van der Waals surface area contributed by atoms with Gasteiger partial charge in [-0.2, -0.15) is 0 Å². The van der Waals surface area contributed by atoms with E-state index in [4.69, 9.17) is 0 Å². The predicted octanol–water partition coefficient (Wildman–Crippen LogP) is 2.83. The second kappa shape index (κ2) is 8.41. The van der Waals surface area contributed by atoms with Crippen molar-refractivity contribution in [2.24, 2.45) is 0 Å². The molecule has 1 saturated heterocycles. The van der Waals surface area contributed by atoms with Crippen LogP contribution in [0.3, 0.4) is 0 Å². The van der Waals surface area contributed by atoms with Crippen LogP contribution < -0.4 is 0 Å². The van der Waals surface area contributed by atoms with Crippen molar-refractivity contribution in [1.29, 1.82) is 0 Å². The summed E-state index contributed by atoms with van der Waals surface area (Å²) in [5, 5.41) is 0. The van der Waals surface area contributed by atoms with Crippen molar-refractivity contribution in [2.45, 2.75) is 13.0 Å². The quantitative estimate of drug-likeness (QED) is 0.813. The van der Waals surface area contributed by atoms with Gasteiger partial charge in [-0.3, -0.25) is 14.7 Å². The first-order valence-corrected chi connectivity index (χ1v) is 8.44. The maximum atomic E-state index is 12.4. The highest BCUT2D eigenvalue weighted by Crippen LogP contribution is 2.10. The molecule has 1 aliphatic rings. The Morgan fingerprint density at radius 3 is 2.71 bits per heavy atom. The monoisotopic (exact) mass is 321 g/mol. The molecule has 0 unspecified atom stereocenters. The van der Waals surface area contributed by atoms with Gasteiger partial charge in [0.2, 0.25) is 5.91 Å². The zero-order valence-corrected chi connectivity index (χ0v) is 13.8. The van der Waals surface area contributed by atoms with Crippen LogP contribution in [0.2, 0.25) is 0 Å². The molecule has 2 aromatic rings.